The highest BCUT2D eigenvalue weighted by molar-refractivity contribution is 5.78. The van der Waals surface area contributed by atoms with Crippen molar-refractivity contribution in [2.45, 2.75) is 66.0 Å². The first-order valence-corrected chi connectivity index (χ1v) is 11.5. The van der Waals surface area contributed by atoms with E-state index in [0.29, 0.717) is 18.4 Å². The summed E-state index contributed by atoms with van der Waals surface area (Å²) in [5, 5.41) is 3.47. The first-order valence-electron chi connectivity index (χ1n) is 11.5. The second kappa shape index (κ2) is 7.74. The molecule has 4 rings (SSSR count). The standard InChI is InChI=1S/C25H37NO4/c1-7-29-20-12-16(8-9-19(20)28-6)21-18-13-17-14-25(18,10-11-30-21)23(24(17,4)5)26-22(27)15(2)3/h8-9,12,15,17-18,21,23H,7,10-11,13-14H2,1-6H3,(H,26,27)/t17-,18-,21-,23-,25-/m1/s1. The number of carbonyl (C=O) groups is 1. The Bertz CT molecular complexity index is 804. The third-order valence-electron chi connectivity index (χ3n) is 8.13. The van der Waals surface area contributed by atoms with Gasteiger partial charge in [0.05, 0.1) is 19.8 Å². The van der Waals surface area contributed by atoms with Gasteiger partial charge in [0.1, 0.15) is 0 Å². The average molecular weight is 416 g/mol. The summed E-state index contributed by atoms with van der Waals surface area (Å²) < 4.78 is 17.7. The molecule has 1 aliphatic heterocycles. The molecule has 1 spiro atoms. The minimum absolute atomic E-state index is 0.000697. The van der Waals surface area contributed by atoms with Crippen LogP contribution in [0.2, 0.25) is 0 Å². The molecule has 5 nitrogen and oxygen atoms in total. The fourth-order valence-electron chi connectivity index (χ4n) is 6.56. The molecule has 1 aromatic rings. The van der Waals surface area contributed by atoms with Crippen LogP contribution in [0.1, 0.15) is 65.5 Å². The second-order valence-corrected chi connectivity index (χ2v) is 10.3. The Labute approximate surface area is 180 Å². The maximum Gasteiger partial charge on any atom is 0.222 e. The van der Waals surface area contributed by atoms with Gasteiger partial charge in [-0.2, -0.15) is 0 Å². The van der Waals surface area contributed by atoms with E-state index in [2.05, 4.69) is 31.3 Å². The van der Waals surface area contributed by atoms with E-state index in [1.165, 1.54) is 6.42 Å². The smallest absolute Gasteiger partial charge is 0.222 e. The topological polar surface area (TPSA) is 56.8 Å². The minimum atomic E-state index is 0.000697. The number of nitrogens with one attached hydrogen (secondary N) is 1. The lowest BCUT2D eigenvalue weighted by atomic mass is 9.58. The van der Waals surface area contributed by atoms with Crippen molar-refractivity contribution in [2.24, 2.45) is 28.6 Å². The van der Waals surface area contributed by atoms with Gasteiger partial charge in [-0.05, 0) is 66.5 Å². The van der Waals surface area contributed by atoms with E-state index in [4.69, 9.17) is 14.2 Å². The van der Waals surface area contributed by atoms with Crippen molar-refractivity contribution in [2.75, 3.05) is 20.3 Å². The summed E-state index contributed by atoms with van der Waals surface area (Å²) in [7, 11) is 1.67. The Balaban J connectivity index is 1.68. The number of ether oxygens (including phenoxy) is 3. The van der Waals surface area contributed by atoms with Crippen molar-refractivity contribution in [1.82, 2.24) is 5.32 Å². The van der Waals surface area contributed by atoms with E-state index in [1.807, 2.05) is 26.8 Å². The van der Waals surface area contributed by atoms with Gasteiger partial charge in [0.2, 0.25) is 5.91 Å². The summed E-state index contributed by atoms with van der Waals surface area (Å²) in [6, 6.07) is 6.38. The van der Waals surface area contributed by atoms with Gasteiger partial charge < -0.3 is 19.5 Å². The largest absolute Gasteiger partial charge is 0.493 e. The zero-order valence-electron chi connectivity index (χ0n) is 19.3. The molecule has 0 unspecified atom stereocenters. The Morgan fingerprint density at radius 3 is 2.73 bits per heavy atom. The molecule has 166 valence electrons. The van der Waals surface area contributed by atoms with Gasteiger partial charge in [0, 0.05) is 18.6 Å². The van der Waals surface area contributed by atoms with Crippen LogP contribution in [0.3, 0.4) is 0 Å². The highest BCUT2D eigenvalue weighted by Crippen LogP contribution is 2.70. The number of hydrogen-bond donors (Lipinski definition) is 1. The number of hydrogen-bond acceptors (Lipinski definition) is 4. The molecule has 0 aromatic heterocycles. The van der Waals surface area contributed by atoms with E-state index in [-0.39, 0.29) is 34.8 Å². The third kappa shape index (κ3) is 3.21. The van der Waals surface area contributed by atoms with Crippen molar-refractivity contribution >= 4 is 5.91 Å². The third-order valence-corrected chi connectivity index (χ3v) is 8.13. The molecule has 1 heterocycles. The number of methoxy groups -OCH3 is 1. The van der Waals surface area contributed by atoms with E-state index < -0.39 is 0 Å². The van der Waals surface area contributed by atoms with Crippen LogP contribution in [0.5, 0.6) is 11.5 Å². The fraction of sp³-hybridized carbons (Fsp3) is 0.720. The van der Waals surface area contributed by atoms with E-state index in [9.17, 15) is 4.79 Å². The lowest BCUT2D eigenvalue weighted by Gasteiger charge is -2.53. The molecule has 3 aliphatic rings. The summed E-state index contributed by atoms with van der Waals surface area (Å²) in [6.07, 6.45) is 3.39. The van der Waals surface area contributed by atoms with Crippen molar-refractivity contribution in [3.63, 3.8) is 0 Å². The quantitative estimate of drug-likeness (QED) is 0.729. The molecule has 5 heteroatoms. The Morgan fingerprint density at radius 1 is 1.30 bits per heavy atom. The van der Waals surface area contributed by atoms with Gasteiger partial charge in [-0.3, -0.25) is 4.79 Å². The maximum atomic E-state index is 12.7. The van der Waals surface area contributed by atoms with Gasteiger partial charge in [0.25, 0.3) is 0 Å². The van der Waals surface area contributed by atoms with Crippen molar-refractivity contribution in [3.8, 4) is 11.5 Å². The Hall–Kier alpha value is -1.75. The normalized spacial score (nSPS) is 34.0. The Morgan fingerprint density at radius 2 is 2.07 bits per heavy atom. The maximum absolute atomic E-state index is 12.7. The zero-order valence-corrected chi connectivity index (χ0v) is 19.3. The highest BCUT2D eigenvalue weighted by atomic mass is 16.5. The van der Waals surface area contributed by atoms with E-state index >= 15 is 0 Å². The monoisotopic (exact) mass is 415 g/mol. The number of rotatable bonds is 6. The summed E-state index contributed by atoms with van der Waals surface area (Å²) in [5.41, 5.74) is 1.37. The molecule has 2 aliphatic carbocycles. The molecule has 1 amide bonds. The fourth-order valence-corrected chi connectivity index (χ4v) is 6.56. The van der Waals surface area contributed by atoms with Crippen LogP contribution in [0.15, 0.2) is 18.2 Å². The SMILES string of the molecule is CCOc1cc([C@H]2OCC[C@@]34C[C@@H](C[C@H]23)C(C)(C)[C@H]4NC(=O)C(C)C)ccc1OC. The lowest BCUT2D eigenvalue weighted by Crippen LogP contribution is -2.59. The van der Waals surface area contributed by atoms with E-state index in [0.717, 1.165) is 36.5 Å². The zero-order chi connectivity index (χ0) is 21.7. The van der Waals surface area contributed by atoms with Crippen LogP contribution in [0, 0.1) is 28.6 Å². The summed E-state index contributed by atoms with van der Waals surface area (Å²) in [4.78, 5) is 12.7. The number of carbonyl (C=O) groups excluding carboxylic acids is 1. The summed E-state index contributed by atoms with van der Waals surface area (Å²) >= 11 is 0. The molecular weight excluding hydrogens is 378 g/mol. The van der Waals surface area contributed by atoms with Crippen molar-refractivity contribution < 1.29 is 19.0 Å². The van der Waals surface area contributed by atoms with Gasteiger partial charge >= 0.3 is 0 Å². The van der Waals surface area contributed by atoms with Crippen molar-refractivity contribution in [1.29, 1.82) is 0 Å². The molecule has 30 heavy (non-hydrogen) atoms. The predicted octanol–water partition coefficient (Wildman–Crippen LogP) is 4.75. The predicted molar refractivity (Wildman–Crippen MR) is 117 cm³/mol. The van der Waals surface area contributed by atoms with Gasteiger partial charge in [-0.15, -0.1) is 0 Å². The average Bonchev–Trinajstić information content (AvgIpc) is 3.20. The molecule has 3 fully saturated rings. The number of benzene rings is 1. The molecule has 5 atom stereocenters. The van der Waals surface area contributed by atoms with Gasteiger partial charge in [0.15, 0.2) is 11.5 Å². The molecular formula is C25H37NO4. The molecule has 1 saturated heterocycles. The lowest BCUT2D eigenvalue weighted by molar-refractivity contribution is -0.139. The minimum Gasteiger partial charge on any atom is -0.493 e. The molecule has 1 aromatic carbocycles. The van der Waals surface area contributed by atoms with Gasteiger partial charge in [-0.25, -0.2) is 0 Å². The van der Waals surface area contributed by atoms with Crippen LogP contribution >= 0.6 is 0 Å². The number of amides is 1. The first-order chi connectivity index (χ1) is 14.2. The van der Waals surface area contributed by atoms with Gasteiger partial charge in [-0.1, -0.05) is 33.8 Å². The first kappa shape index (κ1) is 21.5. The Kier molecular flexibility index (Phi) is 5.54. The molecule has 2 bridgehead atoms. The van der Waals surface area contributed by atoms with Crippen LogP contribution in [0.25, 0.3) is 0 Å². The van der Waals surface area contributed by atoms with Crippen LogP contribution in [0.4, 0.5) is 0 Å². The molecule has 2 saturated carbocycles. The van der Waals surface area contributed by atoms with Crippen molar-refractivity contribution in [3.05, 3.63) is 23.8 Å². The van der Waals surface area contributed by atoms with Crippen LogP contribution < -0.4 is 14.8 Å². The molecule has 1 N–H and O–H groups in total. The molecule has 0 radical (unpaired) electrons. The van der Waals surface area contributed by atoms with Crippen LogP contribution in [-0.4, -0.2) is 32.3 Å². The second-order valence-electron chi connectivity index (χ2n) is 10.3. The van der Waals surface area contributed by atoms with E-state index in [1.54, 1.807) is 7.11 Å². The van der Waals surface area contributed by atoms with Crippen LogP contribution in [-0.2, 0) is 9.53 Å². The summed E-state index contributed by atoms with van der Waals surface area (Å²) in [6.45, 7) is 12.0. The highest BCUT2D eigenvalue weighted by Gasteiger charge is 2.68. The summed E-state index contributed by atoms with van der Waals surface area (Å²) in [5.74, 6) is 2.70. The number of fused-ring (bicyclic) bond motifs is 1.